The third kappa shape index (κ3) is 4.81. The first-order chi connectivity index (χ1) is 11.7. The maximum Gasteiger partial charge on any atom is 0.0240 e. The van der Waals surface area contributed by atoms with Gasteiger partial charge in [0.1, 0.15) is 0 Å². The third-order valence-corrected chi connectivity index (χ3v) is 4.30. The summed E-state index contributed by atoms with van der Waals surface area (Å²) in [5.41, 5.74) is 6.71. The molecule has 24 heavy (non-hydrogen) atoms. The SMILES string of the molecule is Cc1ccc(CN(Cc2ccccc2)Cc2ccc(C)cc2)cc1. The summed E-state index contributed by atoms with van der Waals surface area (Å²) in [6, 6.07) is 28.5. The molecule has 0 fully saturated rings. The van der Waals surface area contributed by atoms with Gasteiger partial charge in [-0.15, -0.1) is 0 Å². The fraction of sp³-hybridized carbons (Fsp3) is 0.217. The summed E-state index contributed by atoms with van der Waals surface area (Å²) in [6.45, 7) is 7.16. The second-order valence-corrected chi connectivity index (χ2v) is 6.60. The Kier molecular flexibility index (Phi) is 5.45. The maximum absolute atomic E-state index is 2.50. The Hall–Kier alpha value is -2.38. The summed E-state index contributed by atoms with van der Waals surface area (Å²) < 4.78 is 0. The summed E-state index contributed by atoms with van der Waals surface area (Å²) in [5.74, 6) is 0. The molecule has 0 atom stereocenters. The molecule has 0 saturated carbocycles. The van der Waals surface area contributed by atoms with Gasteiger partial charge in [-0.2, -0.15) is 0 Å². The average molecular weight is 315 g/mol. The second-order valence-electron chi connectivity index (χ2n) is 6.60. The average Bonchev–Trinajstić information content (AvgIpc) is 2.60. The van der Waals surface area contributed by atoms with Crippen molar-refractivity contribution in [3.05, 3.63) is 107 Å². The molecule has 122 valence electrons. The molecule has 0 aliphatic heterocycles. The lowest BCUT2D eigenvalue weighted by molar-refractivity contribution is 0.247. The van der Waals surface area contributed by atoms with Gasteiger partial charge >= 0.3 is 0 Å². The molecule has 3 aromatic rings. The van der Waals surface area contributed by atoms with Gasteiger partial charge in [0.25, 0.3) is 0 Å². The highest BCUT2D eigenvalue weighted by molar-refractivity contribution is 5.24. The van der Waals surface area contributed by atoms with Crippen molar-refractivity contribution in [3.8, 4) is 0 Å². The van der Waals surface area contributed by atoms with E-state index in [1.807, 2.05) is 0 Å². The molecule has 3 aromatic carbocycles. The van der Waals surface area contributed by atoms with Crippen LogP contribution in [0.3, 0.4) is 0 Å². The molecule has 3 rings (SSSR count). The Morgan fingerprint density at radius 3 is 1.29 bits per heavy atom. The van der Waals surface area contributed by atoms with Crippen LogP contribution in [-0.4, -0.2) is 4.90 Å². The van der Waals surface area contributed by atoms with Crippen LogP contribution in [0.2, 0.25) is 0 Å². The number of rotatable bonds is 6. The van der Waals surface area contributed by atoms with E-state index in [4.69, 9.17) is 0 Å². The number of aryl methyl sites for hydroxylation is 2. The maximum atomic E-state index is 2.50. The summed E-state index contributed by atoms with van der Waals surface area (Å²) in [6.07, 6.45) is 0. The van der Waals surface area contributed by atoms with Crippen LogP contribution < -0.4 is 0 Å². The van der Waals surface area contributed by atoms with Gasteiger partial charge in [0.05, 0.1) is 0 Å². The minimum Gasteiger partial charge on any atom is -0.291 e. The van der Waals surface area contributed by atoms with Gasteiger partial charge in [-0.05, 0) is 30.5 Å². The van der Waals surface area contributed by atoms with Crippen molar-refractivity contribution < 1.29 is 0 Å². The lowest BCUT2D eigenvalue weighted by Crippen LogP contribution is -2.22. The van der Waals surface area contributed by atoms with E-state index in [0.717, 1.165) is 19.6 Å². The van der Waals surface area contributed by atoms with Crippen LogP contribution in [0.5, 0.6) is 0 Å². The quantitative estimate of drug-likeness (QED) is 0.580. The van der Waals surface area contributed by atoms with E-state index < -0.39 is 0 Å². The molecule has 0 amide bonds. The van der Waals surface area contributed by atoms with Crippen LogP contribution >= 0.6 is 0 Å². The number of hydrogen-bond donors (Lipinski definition) is 0. The number of benzene rings is 3. The van der Waals surface area contributed by atoms with E-state index >= 15 is 0 Å². The van der Waals surface area contributed by atoms with Crippen LogP contribution in [0.4, 0.5) is 0 Å². The zero-order valence-electron chi connectivity index (χ0n) is 14.6. The Morgan fingerprint density at radius 1 is 0.500 bits per heavy atom. The van der Waals surface area contributed by atoms with E-state index in [1.54, 1.807) is 0 Å². The fourth-order valence-corrected chi connectivity index (χ4v) is 2.91. The number of hydrogen-bond acceptors (Lipinski definition) is 1. The topological polar surface area (TPSA) is 3.24 Å². The number of nitrogens with zero attached hydrogens (tertiary/aromatic N) is 1. The predicted molar refractivity (Wildman–Crippen MR) is 102 cm³/mol. The predicted octanol–water partition coefficient (Wildman–Crippen LogP) is 5.51. The zero-order chi connectivity index (χ0) is 16.8. The lowest BCUT2D eigenvalue weighted by Gasteiger charge is -2.23. The molecule has 1 nitrogen and oxygen atoms in total. The molecule has 0 N–H and O–H groups in total. The Bertz CT molecular complexity index is 695. The van der Waals surface area contributed by atoms with Crippen molar-refractivity contribution in [2.24, 2.45) is 0 Å². The third-order valence-electron chi connectivity index (χ3n) is 4.30. The highest BCUT2D eigenvalue weighted by Crippen LogP contribution is 2.15. The molecule has 0 spiro atoms. The minimum absolute atomic E-state index is 0.961. The van der Waals surface area contributed by atoms with Crippen LogP contribution in [0.25, 0.3) is 0 Å². The van der Waals surface area contributed by atoms with Crippen molar-refractivity contribution in [2.75, 3.05) is 0 Å². The smallest absolute Gasteiger partial charge is 0.0240 e. The van der Waals surface area contributed by atoms with E-state index in [0.29, 0.717) is 0 Å². The van der Waals surface area contributed by atoms with Crippen LogP contribution in [-0.2, 0) is 19.6 Å². The van der Waals surface area contributed by atoms with Gasteiger partial charge in [0.15, 0.2) is 0 Å². The first-order valence-electron chi connectivity index (χ1n) is 8.56. The van der Waals surface area contributed by atoms with Gasteiger partial charge in [-0.1, -0.05) is 90.0 Å². The van der Waals surface area contributed by atoms with Crippen molar-refractivity contribution >= 4 is 0 Å². The standard InChI is InChI=1S/C23H25N/c1-19-8-12-22(13-9-19)17-24(16-21-6-4-3-5-7-21)18-23-14-10-20(2)11-15-23/h3-15H,16-18H2,1-2H3. The summed E-state index contributed by atoms with van der Waals surface area (Å²) >= 11 is 0. The fourth-order valence-electron chi connectivity index (χ4n) is 2.91. The van der Waals surface area contributed by atoms with Crippen LogP contribution in [0.1, 0.15) is 27.8 Å². The van der Waals surface area contributed by atoms with Crippen molar-refractivity contribution in [1.29, 1.82) is 0 Å². The lowest BCUT2D eigenvalue weighted by atomic mass is 10.1. The molecule has 0 unspecified atom stereocenters. The van der Waals surface area contributed by atoms with E-state index in [2.05, 4.69) is 97.6 Å². The molecule has 0 bridgehead atoms. The van der Waals surface area contributed by atoms with Crippen molar-refractivity contribution in [3.63, 3.8) is 0 Å². The highest BCUT2D eigenvalue weighted by atomic mass is 15.1. The minimum atomic E-state index is 0.961. The molecule has 0 aliphatic rings. The summed E-state index contributed by atoms with van der Waals surface area (Å²) in [4.78, 5) is 2.50. The molecular weight excluding hydrogens is 290 g/mol. The first-order valence-corrected chi connectivity index (χ1v) is 8.56. The van der Waals surface area contributed by atoms with E-state index in [9.17, 15) is 0 Å². The molecule has 0 aromatic heterocycles. The molecule has 0 saturated heterocycles. The summed E-state index contributed by atoms with van der Waals surface area (Å²) in [5, 5.41) is 0. The monoisotopic (exact) mass is 315 g/mol. The van der Waals surface area contributed by atoms with E-state index in [1.165, 1.54) is 27.8 Å². The Labute approximate surface area is 145 Å². The highest BCUT2D eigenvalue weighted by Gasteiger charge is 2.08. The van der Waals surface area contributed by atoms with Gasteiger partial charge in [-0.3, -0.25) is 4.90 Å². The van der Waals surface area contributed by atoms with Crippen LogP contribution in [0, 0.1) is 13.8 Å². The molecule has 0 heterocycles. The van der Waals surface area contributed by atoms with Gasteiger partial charge in [0.2, 0.25) is 0 Å². The van der Waals surface area contributed by atoms with Crippen molar-refractivity contribution in [1.82, 2.24) is 4.90 Å². The molecule has 1 heteroatoms. The largest absolute Gasteiger partial charge is 0.291 e. The van der Waals surface area contributed by atoms with Crippen molar-refractivity contribution in [2.45, 2.75) is 33.5 Å². The second kappa shape index (κ2) is 7.94. The zero-order valence-corrected chi connectivity index (χ0v) is 14.6. The van der Waals surface area contributed by atoms with Gasteiger partial charge in [0, 0.05) is 19.6 Å². The molecular formula is C23H25N. The van der Waals surface area contributed by atoms with E-state index in [-0.39, 0.29) is 0 Å². The Balaban J connectivity index is 1.76. The van der Waals surface area contributed by atoms with Gasteiger partial charge < -0.3 is 0 Å². The van der Waals surface area contributed by atoms with Crippen LogP contribution in [0.15, 0.2) is 78.9 Å². The van der Waals surface area contributed by atoms with Gasteiger partial charge in [-0.25, -0.2) is 0 Å². The first kappa shape index (κ1) is 16.5. The molecule has 0 radical (unpaired) electrons. The molecule has 0 aliphatic carbocycles. The summed E-state index contributed by atoms with van der Waals surface area (Å²) in [7, 11) is 0. The normalized spacial score (nSPS) is 11.0. The Morgan fingerprint density at radius 2 is 0.875 bits per heavy atom.